The van der Waals surface area contributed by atoms with Crippen LogP contribution in [0, 0.1) is 0 Å². The van der Waals surface area contributed by atoms with Crippen molar-refractivity contribution in [1.29, 1.82) is 0 Å². The van der Waals surface area contributed by atoms with Crippen molar-refractivity contribution in [2.24, 2.45) is 0 Å². The van der Waals surface area contributed by atoms with Crippen LogP contribution in [-0.2, 0) is 15.9 Å². The van der Waals surface area contributed by atoms with Gasteiger partial charge in [0.15, 0.2) is 0 Å². The lowest BCUT2D eigenvalue weighted by Crippen LogP contribution is -2.29. The highest BCUT2D eigenvalue weighted by Gasteiger charge is 2.22. The number of hydrogen-bond acceptors (Lipinski definition) is 4. The SMILES string of the molecule is CN(C)CCCN(C)S(=O)(=O)c1cc(CCl)cs1. The highest BCUT2D eigenvalue weighted by atomic mass is 35.5. The van der Waals surface area contributed by atoms with Gasteiger partial charge >= 0.3 is 0 Å². The van der Waals surface area contributed by atoms with Crippen molar-refractivity contribution >= 4 is 33.0 Å². The molecule has 0 aliphatic carbocycles. The maximum atomic E-state index is 12.2. The predicted molar refractivity (Wildman–Crippen MR) is 76.9 cm³/mol. The van der Waals surface area contributed by atoms with E-state index in [0.717, 1.165) is 18.5 Å². The fraction of sp³-hybridized carbons (Fsp3) is 0.636. The van der Waals surface area contributed by atoms with Gasteiger partial charge in [-0.3, -0.25) is 0 Å². The second kappa shape index (κ2) is 6.86. The normalized spacial score (nSPS) is 12.6. The van der Waals surface area contributed by atoms with Crippen LogP contribution in [0.25, 0.3) is 0 Å². The van der Waals surface area contributed by atoms with E-state index in [1.54, 1.807) is 18.5 Å². The molecule has 1 rings (SSSR count). The molecule has 0 aromatic carbocycles. The molecular weight excluding hydrogens is 292 g/mol. The fourth-order valence-corrected chi connectivity index (χ4v) is 4.32. The summed E-state index contributed by atoms with van der Waals surface area (Å²) in [5.74, 6) is 0.344. The summed E-state index contributed by atoms with van der Waals surface area (Å²) >= 11 is 6.91. The van der Waals surface area contributed by atoms with E-state index in [1.165, 1.54) is 15.6 Å². The van der Waals surface area contributed by atoms with Crippen LogP contribution >= 0.6 is 22.9 Å². The molecule has 0 N–H and O–H groups in total. The number of sulfonamides is 1. The number of halogens is 1. The molecule has 0 saturated heterocycles. The molecule has 0 spiro atoms. The van der Waals surface area contributed by atoms with Crippen molar-refractivity contribution in [2.45, 2.75) is 16.5 Å². The molecule has 1 aromatic rings. The molecule has 0 radical (unpaired) electrons. The molecule has 0 saturated carbocycles. The Balaban J connectivity index is 2.67. The average Bonchev–Trinajstić information content (AvgIpc) is 2.77. The number of nitrogens with zero attached hydrogens (tertiary/aromatic N) is 2. The summed E-state index contributed by atoms with van der Waals surface area (Å²) in [4.78, 5) is 2.04. The van der Waals surface area contributed by atoms with Crippen LogP contribution in [0.5, 0.6) is 0 Å². The molecule has 4 nitrogen and oxygen atoms in total. The lowest BCUT2D eigenvalue weighted by atomic mass is 10.4. The quantitative estimate of drug-likeness (QED) is 0.724. The summed E-state index contributed by atoms with van der Waals surface area (Å²) in [6.07, 6.45) is 0.816. The van der Waals surface area contributed by atoms with Gasteiger partial charge in [0.25, 0.3) is 10.0 Å². The van der Waals surface area contributed by atoms with Gasteiger partial charge in [-0.25, -0.2) is 12.7 Å². The van der Waals surface area contributed by atoms with Gasteiger partial charge in [-0.15, -0.1) is 22.9 Å². The monoisotopic (exact) mass is 310 g/mol. The summed E-state index contributed by atoms with van der Waals surface area (Å²) in [5.41, 5.74) is 0.849. The highest BCUT2D eigenvalue weighted by Crippen LogP contribution is 2.24. The molecule has 0 amide bonds. The van der Waals surface area contributed by atoms with E-state index in [0.29, 0.717) is 16.6 Å². The van der Waals surface area contributed by atoms with Crippen LogP contribution in [0.4, 0.5) is 0 Å². The van der Waals surface area contributed by atoms with Crippen molar-refractivity contribution in [3.05, 3.63) is 17.0 Å². The Hall–Kier alpha value is -0.140. The van der Waals surface area contributed by atoms with Gasteiger partial charge in [-0.2, -0.15) is 0 Å². The van der Waals surface area contributed by atoms with E-state index < -0.39 is 10.0 Å². The highest BCUT2D eigenvalue weighted by molar-refractivity contribution is 7.91. The molecule has 0 atom stereocenters. The summed E-state index contributed by atoms with van der Waals surface area (Å²) in [6.45, 7) is 1.39. The van der Waals surface area contributed by atoms with Crippen LogP contribution in [-0.4, -0.2) is 51.9 Å². The van der Waals surface area contributed by atoms with Crippen molar-refractivity contribution < 1.29 is 8.42 Å². The Labute approximate surface area is 118 Å². The van der Waals surface area contributed by atoms with Crippen molar-refractivity contribution in [3.8, 4) is 0 Å². The number of rotatable bonds is 7. The van der Waals surface area contributed by atoms with Gasteiger partial charge in [-0.1, -0.05) is 0 Å². The maximum Gasteiger partial charge on any atom is 0.252 e. The predicted octanol–water partition coefficient (Wildman–Crippen LogP) is 2.06. The second-order valence-electron chi connectivity index (χ2n) is 4.39. The Morgan fingerprint density at radius 2 is 1.94 bits per heavy atom. The zero-order valence-corrected chi connectivity index (χ0v) is 13.3. The Morgan fingerprint density at radius 3 is 2.44 bits per heavy atom. The minimum atomic E-state index is -3.35. The molecule has 0 fully saturated rings. The standard InChI is InChI=1S/C11H19ClN2O2S2/c1-13(2)5-4-6-14(3)18(15,16)11-7-10(8-12)9-17-11/h7,9H,4-6,8H2,1-3H3. The summed E-state index contributed by atoms with van der Waals surface area (Å²) in [6, 6.07) is 1.65. The molecule has 0 aliphatic heterocycles. The van der Waals surface area contributed by atoms with E-state index in [2.05, 4.69) is 0 Å². The Bertz CT molecular complexity index is 471. The molecule has 0 unspecified atom stereocenters. The van der Waals surface area contributed by atoms with Gasteiger partial charge in [-0.05, 0) is 44.1 Å². The summed E-state index contributed by atoms with van der Waals surface area (Å²) < 4.78 is 26.2. The lowest BCUT2D eigenvalue weighted by Gasteiger charge is -2.17. The number of alkyl halides is 1. The zero-order chi connectivity index (χ0) is 13.8. The molecule has 1 aromatic heterocycles. The van der Waals surface area contributed by atoms with Gasteiger partial charge in [0.2, 0.25) is 0 Å². The first kappa shape index (κ1) is 15.9. The Morgan fingerprint density at radius 1 is 1.28 bits per heavy atom. The molecule has 1 heterocycles. The third-order valence-corrected chi connectivity index (χ3v) is 6.16. The fourth-order valence-electron chi connectivity index (χ4n) is 1.44. The lowest BCUT2D eigenvalue weighted by molar-refractivity contribution is 0.370. The van der Waals surface area contributed by atoms with Crippen molar-refractivity contribution in [3.63, 3.8) is 0 Å². The van der Waals surface area contributed by atoms with E-state index in [4.69, 9.17) is 11.6 Å². The number of thiophene rings is 1. The van der Waals surface area contributed by atoms with E-state index >= 15 is 0 Å². The number of hydrogen-bond donors (Lipinski definition) is 0. The maximum absolute atomic E-state index is 12.2. The van der Waals surface area contributed by atoms with Gasteiger partial charge < -0.3 is 4.90 Å². The van der Waals surface area contributed by atoms with E-state index in [-0.39, 0.29) is 0 Å². The molecule has 7 heteroatoms. The summed E-state index contributed by atoms with van der Waals surface area (Å²) in [5, 5.41) is 1.79. The first-order chi connectivity index (χ1) is 8.37. The van der Waals surface area contributed by atoms with Gasteiger partial charge in [0.05, 0.1) is 0 Å². The van der Waals surface area contributed by atoms with Gasteiger partial charge in [0.1, 0.15) is 4.21 Å². The third kappa shape index (κ3) is 4.20. The van der Waals surface area contributed by atoms with Crippen molar-refractivity contribution in [2.75, 3.05) is 34.2 Å². The van der Waals surface area contributed by atoms with Crippen LogP contribution in [0.15, 0.2) is 15.7 Å². The molecule has 104 valence electrons. The summed E-state index contributed by atoms with van der Waals surface area (Å²) in [7, 11) is 2.21. The molecule has 0 aliphatic rings. The third-order valence-electron chi connectivity index (χ3n) is 2.53. The zero-order valence-electron chi connectivity index (χ0n) is 10.9. The van der Waals surface area contributed by atoms with Crippen LogP contribution in [0.2, 0.25) is 0 Å². The Kier molecular flexibility index (Phi) is 6.07. The topological polar surface area (TPSA) is 40.6 Å². The minimum Gasteiger partial charge on any atom is -0.309 e. The smallest absolute Gasteiger partial charge is 0.252 e. The van der Waals surface area contributed by atoms with E-state index in [1.807, 2.05) is 19.0 Å². The molecule has 0 bridgehead atoms. The largest absolute Gasteiger partial charge is 0.309 e. The van der Waals surface area contributed by atoms with Crippen molar-refractivity contribution in [1.82, 2.24) is 9.21 Å². The minimum absolute atomic E-state index is 0.344. The van der Waals surface area contributed by atoms with Gasteiger partial charge in [0, 0.05) is 19.5 Å². The van der Waals surface area contributed by atoms with Crippen LogP contribution < -0.4 is 0 Å². The molecule has 18 heavy (non-hydrogen) atoms. The van der Waals surface area contributed by atoms with Crippen LogP contribution in [0.1, 0.15) is 12.0 Å². The second-order valence-corrected chi connectivity index (χ2v) is 7.84. The average molecular weight is 311 g/mol. The first-order valence-corrected chi connectivity index (χ1v) is 8.48. The first-order valence-electron chi connectivity index (χ1n) is 5.62. The van der Waals surface area contributed by atoms with Crippen LogP contribution in [0.3, 0.4) is 0 Å². The molecular formula is C11H19ClN2O2S2. The van der Waals surface area contributed by atoms with E-state index in [9.17, 15) is 8.42 Å².